The van der Waals surface area contributed by atoms with Crippen molar-refractivity contribution in [2.75, 3.05) is 0 Å². The van der Waals surface area contributed by atoms with Gasteiger partial charge in [0.15, 0.2) is 0 Å². The minimum atomic E-state index is -0.445. The molecule has 0 spiro atoms. The Kier molecular flexibility index (Phi) is 2.89. The van der Waals surface area contributed by atoms with Gasteiger partial charge in [-0.3, -0.25) is 10.1 Å². The Balaban J connectivity index is 2.55. The van der Waals surface area contributed by atoms with Crippen LogP contribution in [0.25, 0.3) is 11.3 Å². The molecule has 1 heterocycles. The average Bonchev–Trinajstić information content (AvgIpc) is 2.65. The first-order valence-corrected chi connectivity index (χ1v) is 5.70. The summed E-state index contributed by atoms with van der Waals surface area (Å²) in [6.07, 6.45) is 0. The molecule has 0 aliphatic heterocycles. The second-order valence-corrected chi connectivity index (χ2v) is 4.64. The number of aromatic nitrogens is 1. The number of benzene rings is 1. The maximum absolute atomic E-state index is 10.6. The maximum atomic E-state index is 10.6. The summed E-state index contributed by atoms with van der Waals surface area (Å²) in [5.41, 5.74) is 1.29. The fourth-order valence-electron chi connectivity index (χ4n) is 1.31. The summed E-state index contributed by atoms with van der Waals surface area (Å²) in [6.45, 7) is 1.87. The summed E-state index contributed by atoms with van der Waals surface area (Å²) in [7, 11) is 0. The average molecular weight is 255 g/mol. The number of nitrogens with zero attached hydrogens (tertiary/aromatic N) is 2. The number of hydrogen-bond acceptors (Lipinski definition) is 4. The van der Waals surface area contributed by atoms with E-state index in [-0.39, 0.29) is 5.69 Å². The highest BCUT2D eigenvalue weighted by Crippen LogP contribution is 2.31. The molecular formula is C10H7ClN2O2S. The zero-order valence-electron chi connectivity index (χ0n) is 8.31. The van der Waals surface area contributed by atoms with Gasteiger partial charge in [-0.2, -0.15) is 0 Å². The number of aryl methyl sites for hydroxylation is 1. The van der Waals surface area contributed by atoms with Crippen LogP contribution < -0.4 is 0 Å². The Morgan fingerprint density at radius 3 is 2.81 bits per heavy atom. The number of non-ortho nitro benzene ring substituents is 1. The van der Waals surface area contributed by atoms with Crippen molar-refractivity contribution in [3.63, 3.8) is 0 Å². The van der Waals surface area contributed by atoms with Crippen LogP contribution in [0.4, 0.5) is 5.69 Å². The van der Waals surface area contributed by atoms with Crippen LogP contribution in [-0.4, -0.2) is 9.91 Å². The first-order valence-electron chi connectivity index (χ1n) is 4.44. The third kappa shape index (κ3) is 2.05. The van der Waals surface area contributed by atoms with Crippen molar-refractivity contribution in [2.45, 2.75) is 6.92 Å². The van der Waals surface area contributed by atoms with E-state index in [1.165, 1.54) is 29.5 Å². The van der Waals surface area contributed by atoms with E-state index in [9.17, 15) is 10.1 Å². The number of rotatable bonds is 2. The molecule has 0 radical (unpaired) electrons. The van der Waals surface area contributed by atoms with E-state index in [1.54, 1.807) is 0 Å². The van der Waals surface area contributed by atoms with Gasteiger partial charge in [-0.1, -0.05) is 11.6 Å². The Hall–Kier alpha value is -1.46. The van der Waals surface area contributed by atoms with Crippen molar-refractivity contribution in [3.8, 4) is 11.3 Å². The van der Waals surface area contributed by atoms with Gasteiger partial charge in [-0.15, -0.1) is 11.3 Å². The molecule has 0 aliphatic carbocycles. The molecule has 0 N–H and O–H groups in total. The molecule has 2 rings (SSSR count). The highest BCUT2D eigenvalue weighted by atomic mass is 35.5. The molecule has 0 unspecified atom stereocenters. The smallest absolute Gasteiger partial charge is 0.258 e. The Labute approximate surface area is 101 Å². The van der Waals surface area contributed by atoms with E-state index in [0.29, 0.717) is 16.3 Å². The molecule has 0 atom stereocenters. The van der Waals surface area contributed by atoms with Gasteiger partial charge < -0.3 is 0 Å². The van der Waals surface area contributed by atoms with Crippen LogP contribution in [0.5, 0.6) is 0 Å². The molecule has 2 aromatic rings. The van der Waals surface area contributed by atoms with Gasteiger partial charge in [-0.25, -0.2) is 4.98 Å². The number of thiazole rings is 1. The third-order valence-corrected chi connectivity index (χ3v) is 3.16. The fourth-order valence-corrected chi connectivity index (χ4v) is 2.14. The molecule has 4 nitrogen and oxygen atoms in total. The molecule has 82 valence electrons. The molecule has 0 fully saturated rings. The maximum Gasteiger partial charge on any atom is 0.270 e. The predicted octanol–water partition coefficient (Wildman–Crippen LogP) is 3.68. The number of halogens is 1. The van der Waals surface area contributed by atoms with E-state index in [0.717, 1.165) is 5.01 Å². The van der Waals surface area contributed by atoms with Gasteiger partial charge in [0.25, 0.3) is 5.69 Å². The molecule has 1 aromatic carbocycles. The minimum Gasteiger partial charge on any atom is -0.258 e. The molecule has 0 saturated carbocycles. The summed E-state index contributed by atoms with van der Waals surface area (Å²) in [4.78, 5) is 14.5. The quantitative estimate of drug-likeness (QED) is 0.607. The zero-order chi connectivity index (χ0) is 11.7. The first kappa shape index (κ1) is 11.0. The van der Waals surface area contributed by atoms with Crippen LogP contribution in [-0.2, 0) is 0 Å². The second-order valence-electron chi connectivity index (χ2n) is 3.17. The Bertz CT molecular complexity index is 554. The van der Waals surface area contributed by atoms with Crippen LogP contribution in [0.3, 0.4) is 0 Å². The van der Waals surface area contributed by atoms with Crippen LogP contribution in [0, 0.1) is 17.0 Å². The topological polar surface area (TPSA) is 56.0 Å². The molecule has 0 bridgehead atoms. The normalized spacial score (nSPS) is 10.4. The van der Waals surface area contributed by atoms with Crippen molar-refractivity contribution in [1.82, 2.24) is 4.98 Å². The summed E-state index contributed by atoms with van der Waals surface area (Å²) in [6, 6.07) is 4.34. The summed E-state index contributed by atoms with van der Waals surface area (Å²) < 4.78 is 0. The zero-order valence-corrected chi connectivity index (χ0v) is 9.88. The van der Waals surface area contributed by atoms with Gasteiger partial charge in [0.1, 0.15) is 0 Å². The lowest BCUT2D eigenvalue weighted by Gasteiger charge is -2.00. The van der Waals surface area contributed by atoms with Crippen LogP contribution in [0.1, 0.15) is 5.01 Å². The lowest BCUT2D eigenvalue weighted by Crippen LogP contribution is -1.89. The van der Waals surface area contributed by atoms with Gasteiger partial charge >= 0.3 is 0 Å². The number of hydrogen-bond donors (Lipinski definition) is 0. The Morgan fingerprint density at radius 1 is 1.50 bits per heavy atom. The first-order chi connectivity index (χ1) is 7.58. The predicted molar refractivity (Wildman–Crippen MR) is 64.0 cm³/mol. The highest BCUT2D eigenvalue weighted by Gasteiger charge is 2.12. The monoisotopic (exact) mass is 254 g/mol. The molecular weight excluding hydrogens is 248 g/mol. The van der Waals surface area contributed by atoms with Crippen molar-refractivity contribution >= 4 is 28.6 Å². The second kappa shape index (κ2) is 4.19. The van der Waals surface area contributed by atoms with Crippen molar-refractivity contribution in [3.05, 3.63) is 43.7 Å². The molecule has 0 amide bonds. The lowest BCUT2D eigenvalue weighted by atomic mass is 10.1. The number of nitro benzene ring substituents is 1. The summed E-state index contributed by atoms with van der Waals surface area (Å²) in [5, 5.41) is 13.8. The number of nitro groups is 1. The van der Waals surface area contributed by atoms with Gasteiger partial charge in [0.2, 0.25) is 0 Å². The molecule has 6 heteroatoms. The van der Waals surface area contributed by atoms with Crippen molar-refractivity contribution in [1.29, 1.82) is 0 Å². The molecule has 16 heavy (non-hydrogen) atoms. The van der Waals surface area contributed by atoms with Crippen molar-refractivity contribution in [2.24, 2.45) is 0 Å². The van der Waals surface area contributed by atoms with Gasteiger partial charge in [-0.05, 0) is 13.0 Å². The van der Waals surface area contributed by atoms with Gasteiger partial charge in [0, 0.05) is 23.1 Å². The highest BCUT2D eigenvalue weighted by molar-refractivity contribution is 7.09. The van der Waals surface area contributed by atoms with Crippen LogP contribution >= 0.6 is 22.9 Å². The lowest BCUT2D eigenvalue weighted by molar-refractivity contribution is -0.384. The van der Waals surface area contributed by atoms with Crippen LogP contribution in [0.15, 0.2) is 23.6 Å². The van der Waals surface area contributed by atoms with Gasteiger partial charge in [0.05, 0.1) is 20.6 Å². The Morgan fingerprint density at radius 2 is 2.25 bits per heavy atom. The summed E-state index contributed by atoms with van der Waals surface area (Å²) >= 11 is 7.47. The SMILES string of the molecule is Cc1nc(-c2cc([N+](=O)[O-])ccc2Cl)cs1. The van der Waals surface area contributed by atoms with Crippen LogP contribution in [0.2, 0.25) is 5.02 Å². The fraction of sp³-hybridized carbons (Fsp3) is 0.100. The van der Waals surface area contributed by atoms with E-state index < -0.39 is 4.92 Å². The van der Waals surface area contributed by atoms with E-state index in [4.69, 9.17) is 11.6 Å². The third-order valence-electron chi connectivity index (χ3n) is 2.06. The summed E-state index contributed by atoms with van der Waals surface area (Å²) in [5.74, 6) is 0. The van der Waals surface area contributed by atoms with E-state index >= 15 is 0 Å². The minimum absolute atomic E-state index is 0.0186. The standard InChI is InChI=1S/C10H7ClN2O2S/c1-6-12-10(5-16-6)8-4-7(13(14)15)2-3-9(8)11/h2-5H,1H3. The largest absolute Gasteiger partial charge is 0.270 e. The van der Waals surface area contributed by atoms with E-state index in [1.807, 2.05) is 12.3 Å². The van der Waals surface area contributed by atoms with E-state index in [2.05, 4.69) is 4.98 Å². The molecule has 1 aromatic heterocycles. The molecule has 0 aliphatic rings. The molecule has 0 saturated heterocycles. The van der Waals surface area contributed by atoms with Crippen molar-refractivity contribution < 1.29 is 4.92 Å².